The number of hydrogen-bond donors (Lipinski definition) is 1. The van der Waals surface area contributed by atoms with E-state index in [1.54, 1.807) is 31.1 Å². The zero-order valence-electron chi connectivity index (χ0n) is 20.8. The molecule has 0 aromatic heterocycles. The van der Waals surface area contributed by atoms with Crippen LogP contribution in [0.2, 0.25) is 0 Å². The molecule has 1 unspecified atom stereocenters. The lowest BCUT2D eigenvalue weighted by Crippen LogP contribution is -2.54. The molecule has 188 valence electrons. The molecule has 0 saturated carbocycles. The van der Waals surface area contributed by atoms with E-state index in [1.165, 1.54) is 0 Å². The van der Waals surface area contributed by atoms with Gasteiger partial charge in [0.05, 0.1) is 16.8 Å². The molecule has 0 bridgehead atoms. The normalized spacial score (nSPS) is 21.9. The Kier molecular flexibility index (Phi) is 9.74. The second-order valence-corrected chi connectivity index (χ2v) is 9.27. The van der Waals surface area contributed by atoms with Crippen LogP contribution in [0.1, 0.15) is 69.3 Å². The van der Waals surface area contributed by atoms with Crippen LogP contribution in [0.5, 0.6) is 5.75 Å². The number of ether oxygens (including phenoxy) is 2. The second kappa shape index (κ2) is 11.9. The van der Waals surface area contributed by atoms with Crippen molar-refractivity contribution in [3.8, 4) is 11.8 Å². The smallest absolute Gasteiger partial charge is 0.270 e. The first-order chi connectivity index (χ1) is 15.8. The van der Waals surface area contributed by atoms with E-state index in [0.29, 0.717) is 43.0 Å². The number of fused-ring (bicyclic) bond motifs is 1. The molecule has 34 heavy (non-hydrogen) atoms. The molecule has 1 N–H and O–H groups in total. The fourth-order valence-electron chi connectivity index (χ4n) is 4.66. The van der Waals surface area contributed by atoms with Gasteiger partial charge in [-0.2, -0.15) is 5.26 Å². The highest BCUT2D eigenvalue weighted by atomic mass is 35.5. The standard InChI is InChI=1S/C25H36N4O4.ClH/c1-6-25(4)24(31)28(11-8-12-32-5)21-14-20(18(15-26)13-22(21)33-25)23(30)29(17(2)3)19-9-7-10-27-16-19;/h13-14,17,19,27H,6-12,16H2,1-5H3;1H/t19-,25?;/m1./s1. The summed E-state index contributed by atoms with van der Waals surface area (Å²) in [5.74, 6) is 0.125. The largest absolute Gasteiger partial charge is 0.475 e. The van der Waals surface area contributed by atoms with Gasteiger partial charge in [-0.25, -0.2) is 0 Å². The van der Waals surface area contributed by atoms with Crippen LogP contribution in [0.25, 0.3) is 0 Å². The van der Waals surface area contributed by atoms with Crippen LogP contribution in [-0.4, -0.2) is 67.7 Å². The number of carbonyl (C=O) groups excluding carboxylic acids is 2. The maximum absolute atomic E-state index is 13.8. The fraction of sp³-hybridized carbons (Fsp3) is 0.640. The molecule has 8 nitrogen and oxygen atoms in total. The summed E-state index contributed by atoms with van der Waals surface area (Å²) in [5, 5.41) is 13.3. The highest BCUT2D eigenvalue weighted by molar-refractivity contribution is 6.05. The van der Waals surface area contributed by atoms with E-state index in [2.05, 4.69) is 11.4 Å². The van der Waals surface area contributed by atoms with Crippen LogP contribution >= 0.6 is 12.4 Å². The van der Waals surface area contributed by atoms with Crippen molar-refractivity contribution in [2.45, 2.75) is 71.1 Å². The van der Waals surface area contributed by atoms with Crippen molar-refractivity contribution in [2.24, 2.45) is 0 Å². The van der Waals surface area contributed by atoms with Gasteiger partial charge in [-0.3, -0.25) is 9.59 Å². The van der Waals surface area contributed by atoms with E-state index in [-0.39, 0.29) is 41.9 Å². The topological polar surface area (TPSA) is 94.9 Å². The quantitative estimate of drug-likeness (QED) is 0.558. The van der Waals surface area contributed by atoms with Gasteiger partial charge in [-0.05, 0) is 59.1 Å². The summed E-state index contributed by atoms with van der Waals surface area (Å²) in [6, 6.07) is 5.50. The maximum atomic E-state index is 13.8. The molecule has 2 aliphatic heterocycles. The lowest BCUT2D eigenvalue weighted by atomic mass is 9.95. The zero-order valence-corrected chi connectivity index (χ0v) is 21.7. The number of benzene rings is 1. The van der Waals surface area contributed by atoms with Gasteiger partial charge in [0.25, 0.3) is 11.8 Å². The number of nitriles is 1. The molecular weight excluding hydrogens is 456 g/mol. The summed E-state index contributed by atoms with van der Waals surface area (Å²) >= 11 is 0. The Bertz CT molecular complexity index is 926. The Morgan fingerprint density at radius 1 is 1.44 bits per heavy atom. The van der Waals surface area contributed by atoms with Crippen LogP contribution in [0.15, 0.2) is 12.1 Å². The van der Waals surface area contributed by atoms with Gasteiger partial charge < -0.3 is 24.6 Å². The molecule has 2 atom stereocenters. The number of hydrogen-bond acceptors (Lipinski definition) is 6. The lowest BCUT2D eigenvalue weighted by Gasteiger charge is -2.41. The van der Waals surface area contributed by atoms with E-state index < -0.39 is 5.60 Å². The average molecular weight is 493 g/mol. The Balaban J connectivity index is 0.00000408. The van der Waals surface area contributed by atoms with Crippen molar-refractivity contribution < 1.29 is 19.1 Å². The molecule has 1 saturated heterocycles. The van der Waals surface area contributed by atoms with Gasteiger partial charge >= 0.3 is 0 Å². The SMILES string of the molecule is CCC1(C)Oc2cc(C#N)c(C(=O)N(C(C)C)[C@@H]3CCCNC3)cc2N(CCCOC)C1=O.Cl. The minimum absolute atomic E-state index is 0. The highest BCUT2D eigenvalue weighted by Crippen LogP contribution is 2.41. The predicted molar refractivity (Wildman–Crippen MR) is 134 cm³/mol. The lowest BCUT2D eigenvalue weighted by molar-refractivity contribution is -0.134. The Labute approximate surface area is 209 Å². The molecule has 0 spiro atoms. The van der Waals surface area contributed by atoms with Crippen LogP contribution in [-0.2, 0) is 9.53 Å². The van der Waals surface area contributed by atoms with E-state index in [4.69, 9.17) is 9.47 Å². The van der Waals surface area contributed by atoms with Gasteiger partial charge in [-0.15, -0.1) is 12.4 Å². The minimum Gasteiger partial charge on any atom is -0.475 e. The molecule has 1 aromatic carbocycles. The number of methoxy groups -OCH3 is 1. The molecule has 9 heteroatoms. The summed E-state index contributed by atoms with van der Waals surface area (Å²) < 4.78 is 11.3. The van der Waals surface area contributed by atoms with Crippen molar-refractivity contribution in [2.75, 3.05) is 38.3 Å². The average Bonchev–Trinajstić information content (AvgIpc) is 2.81. The highest BCUT2D eigenvalue weighted by Gasteiger charge is 2.44. The molecular formula is C25H37ClN4O4. The molecule has 2 amide bonds. The first kappa shape index (κ1) is 27.9. The third-order valence-electron chi connectivity index (χ3n) is 6.63. The third-order valence-corrected chi connectivity index (χ3v) is 6.63. The minimum atomic E-state index is -1.02. The molecule has 2 heterocycles. The number of piperidine rings is 1. The first-order valence-electron chi connectivity index (χ1n) is 11.9. The molecule has 0 aliphatic carbocycles. The van der Waals surface area contributed by atoms with Crippen molar-refractivity contribution in [3.05, 3.63) is 23.3 Å². The summed E-state index contributed by atoms with van der Waals surface area (Å²) in [6.07, 6.45) is 3.06. The summed E-state index contributed by atoms with van der Waals surface area (Å²) in [7, 11) is 1.63. The van der Waals surface area contributed by atoms with Gasteiger partial charge in [-0.1, -0.05) is 6.92 Å². The number of nitrogens with one attached hydrogen (secondary N) is 1. The Morgan fingerprint density at radius 3 is 2.74 bits per heavy atom. The van der Waals surface area contributed by atoms with Crippen LogP contribution in [0, 0.1) is 11.3 Å². The monoisotopic (exact) mass is 492 g/mol. The van der Waals surface area contributed by atoms with E-state index in [9.17, 15) is 14.9 Å². The van der Waals surface area contributed by atoms with Gasteiger partial charge in [0.2, 0.25) is 0 Å². The number of amides is 2. The number of anilines is 1. The number of rotatable bonds is 8. The van der Waals surface area contributed by atoms with Crippen LogP contribution in [0.4, 0.5) is 5.69 Å². The van der Waals surface area contributed by atoms with Crippen molar-refractivity contribution in [1.82, 2.24) is 10.2 Å². The van der Waals surface area contributed by atoms with Gasteiger partial charge in [0.1, 0.15) is 11.8 Å². The maximum Gasteiger partial charge on any atom is 0.270 e. The number of nitrogens with zero attached hydrogens (tertiary/aromatic N) is 3. The van der Waals surface area contributed by atoms with E-state index in [0.717, 1.165) is 25.9 Å². The fourth-order valence-corrected chi connectivity index (χ4v) is 4.66. The summed E-state index contributed by atoms with van der Waals surface area (Å²) in [4.78, 5) is 30.7. The molecule has 2 aliphatic rings. The predicted octanol–water partition coefficient (Wildman–Crippen LogP) is 3.51. The van der Waals surface area contributed by atoms with Crippen molar-refractivity contribution in [3.63, 3.8) is 0 Å². The van der Waals surface area contributed by atoms with Gasteiger partial charge in [0.15, 0.2) is 5.60 Å². The summed E-state index contributed by atoms with van der Waals surface area (Å²) in [5.41, 5.74) is 0.0900. The van der Waals surface area contributed by atoms with E-state index >= 15 is 0 Å². The van der Waals surface area contributed by atoms with E-state index in [1.807, 2.05) is 25.7 Å². The zero-order chi connectivity index (χ0) is 24.2. The first-order valence-corrected chi connectivity index (χ1v) is 11.9. The molecule has 0 radical (unpaired) electrons. The number of halogens is 1. The molecule has 1 aromatic rings. The second-order valence-electron chi connectivity index (χ2n) is 9.27. The Hall–Kier alpha value is -2.34. The molecule has 3 rings (SSSR count). The number of carbonyl (C=O) groups is 2. The molecule has 1 fully saturated rings. The van der Waals surface area contributed by atoms with Crippen LogP contribution in [0.3, 0.4) is 0 Å². The van der Waals surface area contributed by atoms with Crippen molar-refractivity contribution in [1.29, 1.82) is 5.26 Å². The van der Waals surface area contributed by atoms with Crippen LogP contribution < -0.4 is 15.0 Å². The summed E-state index contributed by atoms with van der Waals surface area (Å²) in [6.45, 7) is 10.3. The van der Waals surface area contributed by atoms with Crippen molar-refractivity contribution >= 4 is 29.9 Å². The Morgan fingerprint density at radius 2 is 2.18 bits per heavy atom. The van der Waals surface area contributed by atoms with Gasteiger partial charge in [0, 0.05) is 45.0 Å². The third kappa shape index (κ3) is 5.48.